The van der Waals surface area contributed by atoms with Gasteiger partial charge in [-0.25, -0.2) is 0 Å². The molecule has 1 aromatic carbocycles. The van der Waals surface area contributed by atoms with E-state index in [0.717, 1.165) is 29.6 Å². The molecule has 6 heteroatoms. The maximum absolute atomic E-state index is 5.26. The van der Waals surface area contributed by atoms with Gasteiger partial charge in [-0.15, -0.1) is 24.8 Å². The van der Waals surface area contributed by atoms with Crippen molar-refractivity contribution in [2.24, 2.45) is 0 Å². The molecule has 0 radical (unpaired) electrons. The molecule has 0 aliphatic carbocycles. The van der Waals surface area contributed by atoms with Crippen LogP contribution in [0.5, 0.6) is 5.75 Å². The zero-order chi connectivity index (χ0) is 13.1. The fraction of sp³-hybridized carbons (Fsp3) is 0.500. The van der Waals surface area contributed by atoms with Crippen LogP contribution in [0.4, 0.5) is 0 Å². The molecule has 0 saturated heterocycles. The van der Waals surface area contributed by atoms with E-state index < -0.39 is 0 Å². The molecule has 0 spiro atoms. The summed E-state index contributed by atoms with van der Waals surface area (Å²) in [5, 5.41) is 8.60. The maximum atomic E-state index is 5.26. The van der Waals surface area contributed by atoms with E-state index in [0.29, 0.717) is 6.04 Å². The first-order valence-electron chi connectivity index (χ1n) is 6.33. The van der Waals surface area contributed by atoms with Gasteiger partial charge in [-0.2, -0.15) is 5.10 Å². The number of halogens is 2. The van der Waals surface area contributed by atoms with E-state index in [-0.39, 0.29) is 24.8 Å². The molecule has 20 heavy (non-hydrogen) atoms. The minimum Gasteiger partial charge on any atom is -0.497 e. The van der Waals surface area contributed by atoms with E-state index in [2.05, 4.69) is 36.0 Å². The third kappa shape index (κ3) is 4.27. The molecule has 0 unspecified atom stereocenters. The van der Waals surface area contributed by atoms with Gasteiger partial charge >= 0.3 is 0 Å². The first-order chi connectivity index (χ1) is 8.61. The largest absolute Gasteiger partial charge is 0.497 e. The number of aromatic amines is 1. The van der Waals surface area contributed by atoms with E-state index in [1.54, 1.807) is 7.11 Å². The van der Waals surface area contributed by atoms with Gasteiger partial charge in [-0.05, 0) is 39.1 Å². The van der Waals surface area contributed by atoms with Gasteiger partial charge in [0, 0.05) is 30.1 Å². The number of nitrogens with one attached hydrogen (secondary N) is 1. The van der Waals surface area contributed by atoms with Gasteiger partial charge in [-0.1, -0.05) is 0 Å². The smallest absolute Gasteiger partial charge is 0.119 e. The standard InChI is InChI=1S/C14H21N3O.2ClH/c1-10(2)17(3)8-7-14-12-9-11(18-4)5-6-13(12)15-16-14;;/h5-6,9-10H,7-8H2,1-4H3,(H,15,16);2*1H. The first-order valence-corrected chi connectivity index (χ1v) is 6.33. The number of H-pyrrole nitrogens is 1. The number of hydrogen-bond acceptors (Lipinski definition) is 3. The monoisotopic (exact) mass is 319 g/mol. The van der Waals surface area contributed by atoms with Crippen molar-refractivity contribution in [3.8, 4) is 5.75 Å². The maximum Gasteiger partial charge on any atom is 0.119 e. The number of methoxy groups -OCH3 is 1. The SMILES string of the molecule is COc1ccc2n[nH]c(CCN(C)C(C)C)c2c1.Cl.Cl. The normalized spacial score (nSPS) is 10.5. The highest BCUT2D eigenvalue weighted by molar-refractivity contribution is 5.85. The number of rotatable bonds is 5. The minimum absolute atomic E-state index is 0. The zero-order valence-electron chi connectivity index (χ0n) is 12.3. The Bertz CT molecular complexity index is 528. The van der Waals surface area contributed by atoms with Crippen molar-refractivity contribution in [2.45, 2.75) is 26.3 Å². The van der Waals surface area contributed by atoms with Crippen molar-refractivity contribution in [3.05, 3.63) is 23.9 Å². The average molecular weight is 320 g/mol. The molecule has 0 atom stereocenters. The molecule has 1 N–H and O–H groups in total. The molecule has 0 bridgehead atoms. The van der Waals surface area contributed by atoms with Crippen LogP contribution in [0.25, 0.3) is 10.9 Å². The minimum atomic E-state index is 0. The summed E-state index contributed by atoms with van der Waals surface area (Å²) in [6.07, 6.45) is 0.971. The third-order valence-electron chi connectivity index (χ3n) is 3.44. The molecule has 0 aliphatic rings. The Balaban J connectivity index is 0.00000180. The highest BCUT2D eigenvalue weighted by atomic mass is 35.5. The fourth-order valence-corrected chi connectivity index (χ4v) is 1.91. The summed E-state index contributed by atoms with van der Waals surface area (Å²) in [5.74, 6) is 0.877. The van der Waals surface area contributed by atoms with Crippen LogP contribution in [-0.4, -0.2) is 41.8 Å². The lowest BCUT2D eigenvalue weighted by atomic mass is 10.1. The van der Waals surface area contributed by atoms with E-state index in [4.69, 9.17) is 4.74 Å². The Morgan fingerprint density at radius 2 is 2.00 bits per heavy atom. The van der Waals surface area contributed by atoms with Gasteiger partial charge in [-0.3, -0.25) is 5.10 Å². The number of fused-ring (bicyclic) bond motifs is 1. The quantitative estimate of drug-likeness (QED) is 0.919. The second kappa shape index (κ2) is 8.35. The van der Waals surface area contributed by atoms with Crippen molar-refractivity contribution < 1.29 is 4.74 Å². The van der Waals surface area contributed by atoms with Gasteiger partial charge in [0.1, 0.15) is 5.75 Å². The predicted octanol–water partition coefficient (Wildman–Crippen LogP) is 3.30. The highest BCUT2D eigenvalue weighted by Crippen LogP contribution is 2.22. The van der Waals surface area contributed by atoms with E-state index in [1.165, 1.54) is 5.69 Å². The van der Waals surface area contributed by atoms with Gasteiger partial charge in [0.05, 0.1) is 12.6 Å². The molecular formula is C14H23Cl2N3O. The molecule has 0 aliphatic heterocycles. The molecule has 114 valence electrons. The average Bonchev–Trinajstić information content (AvgIpc) is 2.77. The predicted molar refractivity (Wildman–Crippen MR) is 88.6 cm³/mol. The van der Waals surface area contributed by atoms with E-state index in [9.17, 15) is 0 Å². The van der Waals surface area contributed by atoms with Gasteiger partial charge in [0.2, 0.25) is 0 Å². The molecular weight excluding hydrogens is 297 g/mol. The zero-order valence-corrected chi connectivity index (χ0v) is 14.0. The number of likely N-dealkylation sites (N-methyl/N-ethyl adjacent to an activating group) is 1. The number of hydrogen-bond donors (Lipinski definition) is 1. The molecule has 0 amide bonds. The van der Waals surface area contributed by atoms with Crippen LogP contribution in [0.15, 0.2) is 18.2 Å². The molecule has 4 nitrogen and oxygen atoms in total. The topological polar surface area (TPSA) is 41.1 Å². The highest BCUT2D eigenvalue weighted by Gasteiger charge is 2.09. The Hall–Kier alpha value is -0.970. The lowest BCUT2D eigenvalue weighted by Gasteiger charge is -2.20. The van der Waals surface area contributed by atoms with Crippen LogP contribution in [0.2, 0.25) is 0 Å². The Kier molecular flexibility index (Phi) is 7.94. The third-order valence-corrected chi connectivity index (χ3v) is 3.44. The summed E-state index contributed by atoms with van der Waals surface area (Å²) < 4.78 is 5.26. The Labute approximate surface area is 132 Å². The summed E-state index contributed by atoms with van der Waals surface area (Å²) in [4.78, 5) is 2.33. The summed E-state index contributed by atoms with van der Waals surface area (Å²) in [5.41, 5.74) is 2.18. The second-order valence-electron chi connectivity index (χ2n) is 4.91. The van der Waals surface area contributed by atoms with Crippen LogP contribution in [0.1, 0.15) is 19.5 Å². The first kappa shape index (κ1) is 19.0. The summed E-state index contributed by atoms with van der Waals surface area (Å²) in [7, 11) is 3.83. The number of ether oxygens (including phenoxy) is 1. The molecule has 0 saturated carbocycles. The van der Waals surface area contributed by atoms with Crippen molar-refractivity contribution >= 4 is 35.7 Å². The van der Waals surface area contributed by atoms with Crippen molar-refractivity contribution in [2.75, 3.05) is 20.7 Å². The van der Waals surface area contributed by atoms with Crippen molar-refractivity contribution in [1.29, 1.82) is 0 Å². The van der Waals surface area contributed by atoms with Crippen LogP contribution in [-0.2, 0) is 6.42 Å². The molecule has 1 aromatic heterocycles. The lowest BCUT2D eigenvalue weighted by molar-refractivity contribution is 0.277. The Morgan fingerprint density at radius 3 is 2.60 bits per heavy atom. The van der Waals surface area contributed by atoms with E-state index >= 15 is 0 Å². The van der Waals surface area contributed by atoms with Gasteiger partial charge in [0.25, 0.3) is 0 Å². The van der Waals surface area contributed by atoms with Gasteiger partial charge in [0.15, 0.2) is 0 Å². The van der Waals surface area contributed by atoms with Crippen LogP contribution < -0.4 is 4.74 Å². The number of nitrogens with zero attached hydrogens (tertiary/aromatic N) is 2. The molecule has 2 aromatic rings. The van der Waals surface area contributed by atoms with Crippen LogP contribution in [0.3, 0.4) is 0 Å². The molecule has 1 heterocycles. The summed E-state index contributed by atoms with van der Waals surface area (Å²) in [6.45, 7) is 5.42. The van der Waals surface area contributed by atoms with Crippen LogP contribution in [0, 0.1) is 0 Å². The fourth-order valence-electron chi connectivity index (χ4n) is 1.91. The summed E-state index contributed by atoms with van der Waals surface area (Å²) >= 11 is 0. The molecule has 2 rings (SSSR count). The van der Waals surface area contributed by atoms with E-state index in [1.807, 2.05) is 18.2 Å². The van der Waals surface area contributed by atoms with Crippen molar-refractivity contribution in [1.82, 2.24) is 15.1 Å². The molecule has 0 fully saturated rings. The number of aromatic nitrogens is 2. The second-order valence-corrected chi connectivity index (χ2v) is 4.91. The van der Waals surface area contributed by atoms with Crippen molar-refractivity contribution in [3.63, 3.8) is 0 Å². The van der Waals surface area contributed by atoms with Gasteiger partial charge < -0.3 is 9.64 Å². The summed E-state index contributed by atoms with van der Waals surface area (Å²) in [6, 6.07) is 6.53. The Morgan fingerprint density at radius 1 is 1.30 bits per heavy atom. The number of benzene rings is 1. The lowest BCUT2D eigenvalue weighted by Crippen LogP contribution is -2.28. The van der Waals surface area contributed by atoms with Crippen LogP contribution >= 0.6 is 24.8 Å².